The van der Waals surface area contributed by atoms with Gasteiger partial charge in [-0.2, -0.15) is 0 Å². The number of benzene rings is 2. The third-order valence-corrected chi connectivity index (χ3v) is 3.62. The van der Waals surface area contributed by atoms with E-state index in [0.717, 1.165) is 5.92 Å². The number of fused-ring (bicyclic) bond motifs is 1. The minimum atomic E-state index is 0.719. The molecule has 0 saturated carbocycles. The van der Waals surface area contributed by atoms with Gasteiger partial charge in [0.05, 0.1) is 0 Å². The first-order valence-electron chi connectivity index (χ1n) is 6.05. The summed E-state index contributed by atoms with van der Waals surface area (Å²) in [5, 5.41) is 0. The van der Waals surface area contributed by atoms with E-state index in [2.05, 4.69) is 54.6 Å². The maximum Gasteiger partial charge on any atom is -0.0118 e. The molecule has 1 aliphatic carbocycles. The fourth-order valence-electron chi connectivity index (χ4n) is 2.71. The molecule has 3 rings (SSSR count). The summed E-state index contributed by atoms with van der Waals surface area (Å²) in [7, 11) is 0. The van der Waals surface area contributed by atoms with Crippen LogP contribution in [0.1, 0.15) is 29.0 Å². The predicted octanol–water partition coefficient (Wildman–Crippen LogP) is 3.96. The maximum atomic E-state index is 2.28. The Hall–Kier alpha value is -1.56. The van der Waals surface area contributed by atoms with Crippen molar-refractivity contribution in [1.29, 1.82) is 0 Å². The summed E-state index contributed by atoms with van der Waals surface area (Å²) in [6, 6.07) is 19.8. The van der Waals surface area contributed by atoms with Gasteiger partial charge < -0.3 is 0 Å². The molecule has 2 aromatic carbocycles. The predicted molar refractivity (Wildman–Crippen MR) is 67.7 cm³/mol. The van der Waals surface area contributed by atoms with Gasteiger partial charge in [-0.3, -0.25) is 0 Å². The lowest BCUT2D eigenvalue weighted by molar-refractivity contribution is 0.585. The van der Waals surface area contributed by atoms with Crippen LogP contribution in [0.3, 0.4) is 0 Å². The van der Waals surface area contributed by atoms with Crippen molar-refractivity contribution in [1.82, 2.24) is 0 Å². The largest absolute Gasteiger partial charge is 0.0622 e. The van der Waals surface area contributed by atoms with Gasteiger partial charge in [-0.1, -0.05) is 54.6 Å². The molecule has 0 amide bonds. The van der Waals surface area contributed by atoms with Crippen molar-refractivity contribution in [2.24, 2.45) is 0 Å². The molecule has 0 aliphatic heterocycles. The standard InChI is InChI=1S/C16H16/c1-2-6-13(7-3-1)16-11-10-14-8-4-5-9-15(14)12-16/h1-9,16H,10-12H2/t16-/m0/s1. The highest BCUT2D eigenvalue weighted by atomic mass is 14.2. The normalized spacial score (nSPS) is 19.1. The Kier molecular flexibility index (Phi) is 2.49. The fourth-order valence-corrected chi connectivity index (χ4v) is 2.71. The van der Waals surface area contributed by atoms with Crippen LogP contribution in [0, 0.1) is 0 Å². The van der Waals surface area contributed by atoms with Crippen LogP contribution in [0.2, 0.25) is 0 Å². The van der Waals surface area contributed by atoms with Gasteiger partial charge in [-0.15, -0.1) is 0 Å². The lowest BCUT2D eigenvalue weighted by atomic mass is 9.80. The molecule has 0 bridgehead atoms. The Labute approximate surface area is 96.9 Å². The quantitative estimate of drug-likeness (QED) is 0.665. The first-order chi connectivity index (χ1) is 7.93. The molecule has 2 aromatic rings. The molecule has 0 heteroatoms. The van der Waals surface area contributed by atoms with E-state index in [1.165, 1.54) is 24.8 Å². The van der Waals surface area contributed by atoms with Crippen LogP contribution in [0.15, 0.2) is 54.6 Å². The van der Waals surface area contributed by atoms with Gasteiger partial charge in [-0.25, -0.2) is 0 Å². The minimum Gasteiger partial charge on any atom is -0.0622 e. The van der Waals surface area contributed by atoms with Crippen molar-refractivity contribution in [2.75, 3.05) is 0 Å². The average molecular weight is 208 g/mol. The zero-order chi connectivity index (χ0) is 10.8. The minimum absolute atomic E-state index is 0.719. The molecule has 0 aromatic heterocycles. The molecule has 0 fully saturated rings. The van der Waals surface area contributed by atoms with Crippen LogP contribution >= 0.6 is 0 Å². The Morgan fingerprint density at radius 2 is 1.44 bits per heavy atom. The molecular formula is C16H16. The summed E-state index contributed by atoms with van der Waals surface area (Å²) in [4.78, 5) is 0. The summed E-state index contributed by atoms with van der Waals surface area (Å²) >= 11 is 0. The topological polar surface area (TPSA) is 0 Å². The van der Waals surface area contributed by atoms with Crippen molar-refractivity contribution in [3.63, 3.8) is 0 Å². The van der Waals surface area contributed by atoms with E-state index in [9.17, 15) is 0 Å². The lowest BCUT2D eigenvalue weighted by Gasteiger charge is -2.24. The van der Waals surface area contributed by atoms with E-state index in [1.807, 2.05) is 0 Å². The van der Waals surface area contributed by atoms with Gasteiger partial charge in [-0.05, 0) is 41.9 Å². The molecule has 0 unspecified atom stereocenters. The van der Waals surface area contributed by atoms with Crippen LogP contribution < -0.4 is 0 Å². The lowest BCUT2D eigenvalue weighted by Crippen LogP contribution is -2.12. The molecule has 1 aliphatic rings. The van der Waals surface area contributed by atoms with Crippen molar-refractivity contribution in [2.45, 2.75) is 25.2 Å². The van der Waals surface area contributed by atoms with E-state index < -0.39 is 0 Å². The molecule has 0 spiro atoms. The molecule has 80 valence electrons. The van der Waals surface area contributed by atoms with Crippen LogP contribution in [0.5, 0.6) is 0 Å². The first kappa shape index (κ1) is 9.65. The highest BCUT2D eigenvalue weighted by Gasteiger charge is 2.18. The smallest absolute Gasteiger partial charge is 0.0118 e. The van der Waals surface area contributed by atoms with Crippen LogP contribution in [0.4, 0.5) is 0 Å². The van der Waals surface area contributed by atoms with Crippen molar-refractivity contribution >= 4 is 0 Å². The molecule has 0 nitrogen and oxygen atoms in total. The molecule has 0 N–H and O–H groups in total. The molecular weight excluding hydrogens is 192 g/mol. The van der Waals surface area contributed by atoms with Gasteiger partial charge in [0, 0.05) is 0 Å². The summed E-state index contributed by atoms with van der Waals surface area (Å²) in [6.45, 7) is 0. The molecule has 0 radical (unpaired) electrons. The number of aryl methyl sites for hydroxylation is 1. The zero-order valence-corrected chi connectivity index (χ0v) is 9.39. The van der Waals surface area contributed by atoms with Crippen molar-refractivity contribution in [3.8, 4) is 0 Å². The van der Waals surface area contributed by atoms with Crippen molar-refractivity contribution in [3.05, 3.63) is 71.3 Å². The van der Waals surface area contributed by atoms with Crippen molar-refractivity contribution < 1.29 is 0 Å². The Balaban J connectivity index is 1.89. The summed E-state index contributed by atoms with van der Waals surface area (Å²) < 4.78 is 0. The van der Waals surface area contributed by atoms with Gasteiger partial charge in [0.15, 0.2) is 0 Å². The van der Waals surface area contributed by atoms with E-state index in [0.29, 0.717) is 0 Å². The van der Waals surface area contributed by atoms with Crippen LogP contribution in [-0.4, -0.2) is 0 Å². The molecule has 0 heterocycles. The second-order valence-electron chi connectivity index (χ2n) is 4.62. The third-order valence-electron chi connectivity index (χ3n) is 3.62. The zero-order valence-electron chi connectivity index (χ0n) is 9.39. The summed E-state index contributed by atoms with van der Waals surface area (Å²) in [6.07, 6.45) is 3.73. The Morgan fingerprint density at radius 1 is 0.750 bits per heavy atom. The Morgan fingerprint density at radius 3 is 2.25 bits per heavy atom. The molecule has 16 heavy (non-hydrogen) atoms. The highest BCUT2D eigenvalue weighted by Crippen LogP contribution is 2.32. The first-order valence-corrected chi connectivity index (χ1v) is 6.05. The second kappa shape index (κ2) is 4.13. The highest BCUT2D eigenvalue weighted by molar-refractivity contribution is 5.33. The van der Waals surface area contributed by atoms with Crippen LogP contribution in [0.25, 0.3) is 0 Å². The number of hydrogen-bond acceptors (Lipinski definition) is 0. The van der Waals surface area contributed by atoms with Gasteiger partial charge >= 0.3 is 0 Å². The fraction of sp³-hybridized carbons (Fsp3) is 0.250. The van der Waals surface area contributed by atoms with Gasteiger partial charge in [0.25, 0.3) is 0 Å². The summed E-state index contributed by atoms with van der Waals surface area (Å²) in [5.74, 6) is 0.719. The van der Waals surface area contributed by atoms with E-state index >= 15 is 0 Å². The Bertz CT molecular complexity index is 470. The SMILES string of the molecule is c1ccc([C@H]2CCc3ccccc3C2)cc1. The average Bonchev–Trinajstić information content (AvgIpc) is 2.39. The molecule has 0 saturated heterocycles. The number of rotatable bonds is 1. The number of hydrogen-bond donors (Lipinski definition) is 0. The monoisotopic (exact) mass is 208 g/mol. The second-order valence-corrected chi connectivity index (χ2v) is 4.62. The molecule has 1 atom stereocenters. The van der Waals surface area contributed by atoms with E-state index in [-0.39, 0.29) is 0 Å². The third kappa shape index (κ3) is 1.76. The maximum absolute atomic E-state index is 2.28. The summed E-state index contributed by atoms with van der Waals surface area (Å²) in [5.41, 5.74) is 4.59. The van der Waals surface area contributed by atoms with E-state index in [1.54, 1.807) is 11.1 Å². The van der Waals surface area contributed by atoms with Gasteiger partial charge in [0.2, 0.25) is 0 Å². The van der Waals surface area contributed by atoms with E-state index in [4.69, 9.17) is 0 Å². The van der Waals surface area contributed by atoms with Gasteiger partial charge in [0.1, 0.15) is 0 Å². The van der Waals surface area contributed by atoms with Crippen LogP contribution in [-0.2, 0) is 12.8 Å².